The summed E-state index contributed by atoms with van der Waals surface area (Å²) in [5.41, 5.74) is -0.157. The van der Waals surface area contributed by atoms with Crippen LogP contribution < -0.4 is 5.32 Å². The molecular weight excluding hydrogens is 286 g/mol. The molecule has 1 amide bonds. The van der Waals surface area contributed by atoms with E-state index >= 15 is 0 Å². The van der Waals surface area contributed by atoms with E-state index in [1.165, 1.54) is 30.1 Å². The Morgan fingerprint density at radius 2 is 2.15 bits per heavy atom. The number of amides is 1. The normalized spacial score (nSPS) is 17.4. The van der Waals surface area contributed by atoms with Gasteiger partial charge in [-0.05, 0) is 18.2 Å². The predicted octanol–water partition coefficient (Wildman–Crippen LogP) is -0.509. The minimum absolute atomic E-state index is 0.0174. The summed E-state index contributed by atoms with van der Waals surface area (Å²) in [6.07, 6.45) is 0. The zero-order valence-electron chi connectivity index (χ0n) is 10.4. The van der Waals surface area contributed by atoms with Gasteiger partial charge in [0.2, 0.25) is 11.9 Å². The first-order chi connectivity index (χ1) is 9.29. The molecule has 106 valence electrons. The molecule has 0 atom stereocenters. The molecule has 1 aromatic carbocycles. The second-order valence-electron chi connectivity index (χ2n) is 4.13. The summed E-state index contributed by atoms with van der Waals surface area (Å²) in [5, 5.41) is 11.1. The number of rotatable bonds is 3. The number of carboxylic acids is 1. The first-order valence-corrected chi connectivity index (χ1v) is 6.93. The Bertz CT molecular complexity index is 711. The lowest BCUT2D eigenvalue weighted by atomic mass is 10.2. The van der Waals surface area contributed by atoms with E-state index in [4.69, 9.17) is 5.11 Å². The summed E-state index contributed by atoms with van der Waals surface area (Å²) in [5.74, 6) is -1.68. The highest BCUT2D eigenvalue weighted by Gasteiger charge is 2.25. The summed E-state index contributed by atoms with van der Waals surface area (Å²) < 4.78 is 27.6. The summed E-state index contributed by atoms with van der Waals surface area (Å²) in [7, 11) is -2.57. The van der Waals surface area contributed by atoms with Gasteiger partial charge in [0.1, 0.15) is 0 Å². The molecule has 0 aliphatic carbocycles. The molecule has 0 radical (unpaired) electrons. The lowest BCUT2D eigenvalue weighted by Crippen LogP contribution is -2.28. The summed E-state index contributed by atoms with van der Waals surface area (Å²) in [6.45, 7) is 0.0174. The molecule has 1 fully saturated rings. The Labute approximate surface area is 114 Å². The van der Waals surface area contributed by atoms with Gasteiger partial charge in [-0.2, -0.15) is 8.42 Å². The van der Waals surface area contributed by atoms with Gasteiger partial charge in [0, 0.05) is 7.05 Å². The molecule has 8 nitrogen and oxygen atoms in total. The van der Waals surface area contributed by atoms with Crippen molar-refractivity contribution in [1.82, 2.24) is 10.2 Å². The molecule has 1 aliphatic heterocycles. The second-order valence-corrected chi connectivity index (χ2v) is 5.73. The number of aromatic carboxylic acids is 1. The van der Waals surface area contributed by atoms with E-state index in [-0.39, 0.29) is 28.9 Å². The molecule has 0 saturated carbocycles. The molecule has 0 unspecified atom stereocenters. The second kappa shape index (κ2) is 4.93. The minimum Gasteiger partial charge on any atom is -0.478 e. The largest absolute Gasteiger partial charge is 0.478 e. The van der Waals surface area contributed by atoms with Crippen molar-refractivity contribution in [1.29, 1.82) is 0 Å². The molecule has 2 N–H and O–H groups in total. The van der Waals surface area contributed by atoms with Crippen LogP contribution in [-0.4, -0.2) is 49.9 Å². The van der Waals surface area contributed by atoms with Gasteiger partial charge in [-0.1, -0.05) is 6.07 Å². The zero-order chi connectivity index (χ0) is 14.9. The van der Waals surface area contributed by atoms with Crippen LogP contribution in [0.5, 0.6) is 0 Å². The van der Waals surface area contributed by atoms with Crippen LogP contribution in [0.4, 0.5) is 0 Å². The molecule has 2 rings (SSSR count). The molecule has 1 heterocycles. The third-order valence-corrected chi connectivity index (χ3v) is 3.84. The van der Waals surface area contributed by atoms with Crippen molar-refractivity contribution < 1.29 is 23.1 Å². The number of carbonyl (C=O) groups is 2. The maximum absolute atomic E-state index is 12.1. The van der Waals surface area contributed by atoms with Gasteiger partial charge in [-0.3, -0.25) is 10.1 Å². The van der Waals surface area contributed by atoms with E-state index in [9.17, 15) is 18.0 Å². The smallest absolute Gasteiger partial charge is 0.335 e. The number of carboxylic acid groups (broad SMARTS) is 1. The number of carbonyl (C=O) groups excluding carboxylic acids is 1. The van der Waals surface area contributed by atoms with Gasteiger partial charge >= 0.3 is 5.97 Å². The van der Waals surface area contributed by atoms with E-state index in [2.05, 4.69) is 9.71 Å². The topological polar surface area (TPSA) is 116 Å². The highest BCUT2D eigenvalue weighted by molar-refractivity contribution is 7.90. The van der Waals surface area contributed by atoms with E-state index in [1.54, 1.807) is 0 Å². The molecule has 0 spiro atoms. The third kappa shape index (κ3) is 2.77. The van der Waals surface area contributed by atoms with Crippen molar-refractivity contribution in [2.75, 3.05) is 13.6 Å². The van der Waals surface area contributed by atoms with Crippen LogP contribution >= 0.6 is 0 Å². The lowest BCUT2D eigenvalue weighted by Gasteiger charge is -2.08. The van der Waals surface area contributed by atoms with Crippen LogP contribution in [0.3, 0.4) is 0 Å². The van der Waals surface area contributed by atoms with Crippen molar-refractivity contribution in [2.45, 2.75) is 4.90 Å². The van der Waals surface area contributed by atoms with Crippen molar-refractivity contribution in [2.24, 2.45) is 4.40 Å². The Morgan fingerprint density at radius 3 is 2.70 bits per heavy atom. The van der Waals surface area contributed by atoms with E-state index in [0.717, 1.165) is 6.07 Å². The Morgan fingerprint density at radius 1 is 1.45 bits per heavy atom. The highest BCUT2D eigenvalue weighted by Crippen LogP contribution is 2.15. The standard InChI is InChI=1S/C11H11N3O5S/c1-14-6-9(15)12-11(14)13-20(18,19)8-4-2-3-7(5-8)10(16)17/h2-5H,6H2,1H3,(H,16,17)(H,12,13,15). The van der Waals surface area contributed by atoms with Crippen molar-refractivity contribution in [3.63, 3.8) is 0 Å². The Hall–Kier alpha value is -2.42. The van der Waals surface area contributed by atoms with Crippen molar-refractivity contribution in [3.05, 3.63) is 29.8 Å². The maximum Gasteiger partial charge on any atom is 0.335 e. The number of sulfonamides is 1. The minimum atomic E-state index is -4.09. The maximum atomic E-state index is 12.1. The van der Waals surface area contributed by atoms with Gasteiger partial charge < -0.3 is 10.0 Å². The summed E-state index contributed by atoms with van der Waals surface area (Å²) in [6, 6.07) is 4.84. The average Bonchev–Trinajstić information content (AvgIpc) is 2.67. The van der Waals surface area contributed by atoms with Crippen LogP contribution in [0.15, 0.2) is 33.6 Å². The van der Waals surface area contributed by atoms with Gasteiger partial charge in [0.25, 0.3) is 10.0 Å². The lowest BCUT2D eigenvalue weighted by molar-refractivity contribution is -0.118. The molecule has 20 heavy (non-hydrogen) atoms. The van der Waals surface area contributed by atoms with Gasteiger partial charge in [0.05, 0.1) is 17.0 Å². The summed E-state index contributed by atoms with van der Waals surface area (Å²) in [4.78, 5) is 23.0. The average molecular weight is 297 g/mol. The SMILES string of the molecule is CN1CC(=O)N/C1=N\S(=O)(=O)c1cccc(C(=O)O)c1. The van der Waals surface area contributed by atoms with Gasteiger partial charge in [0.15, 0.2) is 0 Å². The van der Waals surface area contributed by atoms with E-state index in [1.807, 2.05) is 0 Å². The molecule has 0 bridgehead atoms. The molecular formula is C11H11N3O5S. The Balaban J connectivity index is 2.41. The molecule has 0 aromatic heterocycles. The van der Waals surface area contributed by atoms with Gasteiger partial charge in [-0.25, -0.2) is 4.79 Å². The molecule has 1 aliphatic rings. The predicted molar refractivity (Wildman–Crippen MR) is 68.8 cm³/mol. The van der Waals surface area contributed by atoms with Crippen LogP contribution in [-0.2, 0) is 14.8 Å². The van der Waals surface area contributed by atoms with Crippen molar-refractivity contribution >= 4 is 27.9 Å². The van der Waals surface area contributed by atoms with Crippen LogP contribution in [0, 0.1) is 0 Å². The number of hydrogen-bond acceptors (Lipinski definition) is 4. The Kier molecular flexibility index (Phi) is 3.45. The molecule has 1 saturated heterocycles. The number of nitrogens with zero attached hydrogens (tertiary/aromatic N) is 2. The molecule has 9 heteroatoms. The van der Waals surface area contributed by atoms with Crippen LogP contribution in [0.25, 0.3) is 0 Å². The molecule has 1 aromatic rings. The summed E-state index contributed by atoms with van der Waals surface area (Å²) >= 11 is 0. The zero-order valence-corrected chi connectivity index (χ0v) is 11.2. The third-order valence-electron chi connectivity index (χ3n) is 2.58. The van der Waals surface area contributed by atoms with Crippen molar-refractivity contribution in [3.8, 4) is 0 Å². The quantitative estimate of drug-likeness (QED) is 0.776. The number of benzene rings is 1. The van der Waals surface area contributed by atoms with E-state index in [0.29, 0.717) is 0 Å². The van der Waals surface area contributed by atoms with Crippen LogP contribution in [0.1, 0.15) is 10.4 Å². The fourth-order valence-corrected chi connectivity index (χ4v) is 2.64. The highest BCUT2D eigenvalue weighted by atomic mass is 32.2. The van der Waals surface area contributed by atoms with E-state index < -0.39 is 16.0 Å². The monoisotopic (exact) mass is 297 g/mol. The first kappa shape index (κ1) is 14.0. The first-order valence-electron chi connectivity index (χ1n) is 5.49. The number of guanidine groups is 1. The number of nitrogens with one attached hydrogen (secondary N) is 1. The van der Waals surface area contributed by atoms with Crippen LogP contribution in [0.2, 0.25) is 0 Å². The fourth-order valence-electron chi connectivity index (χ4n) is 1.60. The fraction of sp³-hybridized carbons (Fsp3) is 0.182. The number of likely N-dealkylation sites (N-methyl/N-ethyl adjacent to an activating group) is 1. The van der Waals surface area contributed by atoms with Gasteiger partial charge in [-0.15, -0.1) is 4.40 Å². The number of hydrogen-bond donors (Lipinski definition) is 2.